The molecule has 106 valence electrons. The first-order valence-corrected chi connectivity index (χ1v) is 8.12. The first-order chi connectivity index (χ1) is 8.86. The number of nitrogens with one attached hydrogen (secondary N) is 1. The van der Waals surface area contributed by atoms with Crippen LogP contribution in [-0.2, 0) is 0 Å². The molecular formula is C14H20ClIN2O. The minimum absolute atomic E-state index is 0.408. The molecule has 0 bridgehead atoms. The summed E-state index contributed by atoms with van der Waals surface area (Å²) in [6.07, 6.45) is 6.09. The summed E-state index contributed by atoms with van der Waals surface area (Å²) in [5.41, 5.74) is 0.506. The Hall–Kier alpha value is -0.0700. The second-order valence-electron chi connectivity index (χ2n) is 5.83. The molecule has 0 radical (unpaired) electrons. The molecule has 2 rings (SSSR count). The fraction of sp³-hybridized carbons (Fsp3) is 0.643. The fourth-order valence-electron chi connectivity index (χ4n) is 2.69. The zero-order valence-electron chi connectivity index (χ0n) is 11.3. The van der Waals surface area contributed by atoms with Gasteiger partial charge in [-0.3, -0.25) is 0 Å². The van der Waals surface area contributed by atoms with Crippen molar-refractivity contribution >= 4 is 39.9 Å². The fourth-order valence-corrected chi connectivity index (χ4v) is 3.30. The maximum Gasteiger partial charge on any atom is 0.131 e. The highest BCUT2D eigenvalue weighted by molar-refractivity contribution is 14.1. The number of rotatable bonds is 3. The first-order valence-electron chi connectivity index (χ1n) is 6.66. The Labute approximate surface area is 133 Å². The molecule has 1 saturated carbocycles. The highest BCUT2D eigenvalue weighted by Crippen LogP contribution is 2.34. The molecule has 1 aliphatic rings. The van der Waals surface area contributed by atoms with Crippen LogP contribution in [0, 0.1) is 9.49 Å². The lowest BCUT2D eigenvalue weighted by Crippen LogP contribution is -2.37. The minimum Gasteiger partial charge on any atom is -0.390 e. The Morgan fingerprint density at radius 3 is 2.58 bits per heavy atom. The summed E-state index contributed by atoms with van der Waals surface area (Å²) in [7, 11) is 0. The average molecular weight is 395 g/mol. The number of anilines is 1. The zero-order chi connectivity index (χ0) is 14.0. The van der Waals surface area contributed by atoms with E-state index in [-0.39, 0.29) is 0 Å². The van der Waals surface area contributed by atoms with Gasteiger partial charge in [-0.25, -0.2) is 4.98 Å². The van der Waals surface area contributed by atoms with Crippen molar-refractivity contribution < 1.29 is 5.11 Å². The Morgan fingerprint density at radius 2 is 2.00 bits per heavy atom. The van der Waals surface area contributed by atoms with Gasteiger partial charge in [0, 0.05) is 12.2 Å². The lowest BCUT2D eigenvalue weighted by atomic mass is 9.77. The quantitative estimate of drug-likeness (QED) is 0.600. The molecular weight excluding hydrogens is 375 g/mol. The van der Waals surface area contributed by atoms with Crippen molar-refractivity contribution in [1.29, 1.82) is 0 Å². The molecule has 19 heavy (non-hydrogen) atoms. The SMILES string of the molecule is CC(C)(O)C1CCC(Nc2cc(Cl)ncc2I)CC1. The second-order valence-corrected chi connectivity index (χ2v) is 7.38. The molecule has 0 aliphatic heterocycles. The predicted octanol–water partition coefficient (Wildman–Crippen LogP) is 4.08. The topological polar surface area (TPSA) is 45.1 Å². The summed E-state index contributed by atoms with van der Waals surface area (Å²) in [5.74, 6) is 0.408. The molecule has 1 aromatic rings. The molecule has 2 N–H and O–H groups in total. The molecule has 0 spiro atoms. The number of halogens is 2. The van der Waals surface area contributed by atoms with E-state index in [0.717, 1.165) is 34.9 Å². The summed E-state index contributed by atoms with van der Waals surface area (Å²) in [6, 6.07) is 2.34. The van der Waals surface area contributed by atoms with Crippen LogP contribution in [0.25, 0.3) is 0 Å². The van der Waals surface area contributed by atoms with Crippen molar-refractivity contribution in [2.24, 2.45) is 5.92 Å². The zero-order valence-corrected chi connectivity index (χ0v) is 14.2. The van der Waals surface area contributed by atoms with E-state index in [4.69, 9.17) is 11.6 Å². The number of aromatic nitrogens is 1. The van der Waals surface area contributed by atoms with E-state index in [1.165, 1.54) is 0 Å². The van der Waals surface area contributed by atoms with Crippen molar-refractivity contribution in [3.05, 3.63) is 21.0 Å². The maximum atomic E-state index is 10.1. The van der Waals surface area contributed by atoms with Crippen LogP contribution in [0.15, 0.2) is 12.3 Å². The maximum absolute atomic E-state index is 10.1. The van der Waals surface area contributed by atoms with Crippen LogP contribution >= 0.6 is 34.2 Å². The summed E-state index contributed by atoms with van der Waals surface area (Å²) in [4.78, 5) is 4.06. The largest absolute Gasteiger partial charge is 0.390 e. The van der Waals surface area contributed by atoms with E-state index in [1.54, 1.807) is 6.20 Å². The Morgan fingerprint density at radius 1 is 1.37 bits per heavy atom. The van der Waals surface area contributed by atoms with Crippen molar-refractivity contribution in [3.63, 3.8) is 0 Å². The molecule has 1 fully saturated rings. The van der Waals surface area contributed by atoms with Crippen LogP contribution < -0.4 is 5.32 Å². The van der Waals surface area contributed by atoms with E-state index < -0.39 is 5.60 Å². The van der Waals surface area contributed by atoms with Crippen LogP contribution in [0.3, 0.4) is 0 Å². The molecule has 1 heterocycles. The van der Waals surface area contributed by atoms with Gasteiger partial charge in [0.15, 0.2) is 0 Å². The number of hydrogen-bond donors (Lipinski definition) is 2. The number of nitrogens with zero attached hydrogens (tertiary/aromatic N) is 1. The molecule has 0 unspecified atom stereocenters. The van der Waals surface area contributed by atoms with Crippen molar-refractivity contribution in [3.8, 4) is 0 Å². The molecule has 0 atom stereocenters. The summed E-state index contributed by atoms with van der Waals surface area (Å²) in [6.45, 7) is 3.83. The lowest BCUT2D eigenvalue weighted by molar-refractivity contribution is -0.000391. The van der Waals surface area contributed by atoms with Gasteiger partial charge in [0.1, 0.15) is 5.15 Å². The second kappa shape index (κ2) is 6.14. The van der Waals surface area contributed by atoms with Gasteiger partial charge in [0.2, 0.25) is 0 Å². The minimum atomic E-state index is -0.556. The molecule has 3 nitrogen and oxygen atoms in total. The Kier molecular flexibility index (Phi) is 4.95. The van der Waals surface area contributed by atoms with Gasteiger partial charge in [-0.2, -0.15) is 0 Å². The van der Waals surface area contributed by atoms with Gasteiger partial charge in [-0.15, -0.1) is 0 Å². The third kappa shape index (κ3) is 4.20. The molecule has 0 aromatic carbocycles. The van der Waals surface area contributed by atoms with Crippen molar-refractivity contribution in [1.82, 2.24) is 4.98 Å². The van der Waals surface area contributed by atoms with E-state index in [2.05, 4.69) is 32.9 Å². The smallest absolute Gasteiger partial charge is 0.131 e. The van der Waals surface area contributed by atoms with Crippen LogP contribution in [0.5, 0.6) is 0 Å². The number of aliphatic hydroxyl groups is 1. The van der Waals surface area contributed by atoms with Crippen LogP contribution in [0.2, 0.25) is 5.15 Å². The van der Waals surface area contributed by atoms with Gasteiger partial charge in [-0.05, 0) is 74.1 Å². The highest BCUT2D eigenvalue weighted by Gasteiger charge is 2.31. The van der Waals surface area contributed by atoms with Gasteiger partial charge in [0.25, 0.3) is 0 Å². The van der Waals surface area contributed by atoms with Crippen molar-refractivity contribution in [2.75, 3.05) is 5.32 Å². The predicted molar refractivity (Wildman–Crippen MR) is 87.6 cm³/mol. The van der Waals surface area contributed by atoms with E-state index in [1.807, 2.05) is 19.9 Å². The van der Waals surface area contributed by atoms with Crippen molar-refractivity contribution in [2.45, 2.75) is 51.2 Å². The third-order valence-corrected chi connectivity index (χ3v) is 4.97. The third-order valence-electron chi connectivity index (χ3n) is 3.91. The van der Waals surface area contributed by atoms with Crippen LogP contribution in [0.4, 0.5) is 5.69 Å². The lowest BCUT2D eigenvalue weighted by Gasteiger charge is -2.36. The first kappa shape index (κ1) is 15.3. The highest BCUT2D eigenvalue weighted by atomic mass is 127. The molecule has 0 saturated heterocycles. The number of pyridine rings is 1. The normalized spacial score (nSPS) is 24.3. The van der Waals surface area contributed by atoms with E-state index in [0.29, 0.717) is 17.1 Å². The van der Waals surface area contributed by atoms with E-state index >= 15 is 0 Å². The Balaban J connectivity index is 1.94. The van der Waals surface area contributed by atoms with Gasteiger partial charge in [0.05, 0.1) is 14.9 Å². The molecule has 0 amide bonds. The van der Waals surface area contributed by atoms with Crippen LogP contribution in [-0.4, -0.2) is 21.7 Å². The molecule has 1 aliphatic carbocycles. The van der Waals surface area contributed by atoms with Gasteiger partial charge in [-0.1, -0.05) is 11.6 Å². The standard InChI is InChI=1S/C14H20ClIN2O/c1-14(2,19)9-3-5-10(6-4-9)18-12-7-13(15)17-8-11(12)16/h7-10,19H,3-6H2,1-2H3,(H,17,18). The summed E-state index contributed by atoms with van der Waals surface area (Å²) in [5, 5.41) is 14.1. The number of hydrogen-bond acceptors (Lipinski definition) is 3. The summed E-state index contributed by atoms with van der Waals surface area (Å²) >= 11 is 8.20. The Bertz CT molecular complexity index is 440. The monoisotopic (exact) mass is 394 g/mol. The van der Waals surface area contributed by atoms with Gasteiger partial charge >= 0.3 is 0 Å². The van der Waals surface area contributed by atoms with E-state index in [9.17, 15) is 5.11 Å². The average Bonchev–Trinajstić information content (AvgIpc) is 2.33. The summed E-state index contributed by atoms with van der Waals surface area (Å²) < 4.78 is 1.09. The van der Waals surface area contributed by atoms with Crippen LogP contribution in [0.1, 0.15) is 39.5 Å². The molecule has 5 heteroatoms. The van der Waals surface area contributed by atoms with Gasteiger partial charge < -0.3 is 10.4 Å². The molecule has 1 aromatic heterocycles.